The molecule has 0 spiro atoms. The average molecular weight is 308 g/mol. The smallest absolute Gasteiger partial charge is 0.318 e. The van der Waals surface area contributed by atoms with E-state index >= 15 is 0 Å². The molecule has 0 saturated carbocycles. The van der Waals surface area contributed by atoms with Crippen LogP contribution >= 0.6 is 0 Å². The Morgan fingerprint density at radius 3 is 2.73 bits per heavy atom. The van der Waals surface area contributed by atoms with Crippen molar-refractivity contribution >= 4 is 6.03 Å². The van der Waals surface area contributed by atoms with Crippen molar-refractivity contribution in [3.05, 3.63) is 35.6 Å². The first-order chi connectivity index (χ1) is 10.6. The van der Waals surface area contributed by atoms with Crippen LogP contribution in [0.1, 0.15) is 44.7 Å². The minimum Gasteiger partial charge on any atom is -0.377 e. The number of hydrogen-bond donors (Lipinski definition) is 1. The summed E-state index contributed by atoms with van der Waals surface area (Å²) in [7, 11) is 0. The number of carbonyl (C=O) groups is 1. The van der Waals surface area contributed by atoms with Gasteiger partial charge in [-0.15, -0.1) is 0 Å². The van der Waals surface area contributed by atoms with Gasteiger partial charge in [-0.2, -0.15) is 0 Å². The van der Waals surface area contributed by atoms with Gasteiger partial charge in [-0.25, -0.2) is 9.18 Å². The Balaban J connectivity index is 2.06. The van der Waals surface area contributed by atoms with Gasteiger partial charge in [-0.1, -0.05) is 31.9 Å². The minimum absolute atomic E-state index is 0.00465. The number of urea groups is 1. The summed E-state index contributed by atoms with van der Waals surface area (Å²) in [5.41, 5.74) is 0.900. The molecule has 5 heteroatoms. The van der Waals surface area contributed by atoms with Crippen LogP contribution < -0.4 is 5.32 Å². The molecule has 1 fully saturated rings. The maximum atomic E-state index is 13.1. The molecule has 2 atom stereocenters. The predicted molar refractivity (Wildman–Crippen MR) is 84.2 cm³/mol. The molecule has 2 amide bonds. The van der Waals surface area contributed by atoms with E-state index in [-0.39, 0.29) is 23.9 Å². The highest BCUT2D eigenvalue weighted by Crippen LogP contribution is 2.27. The lowest BCUT2D eigenvalue weighted by molar-refractivity contribution is -0.0214. The van der Waals surface area contributed by atoms with Gasteiger partial charge in [0.25, 0.3) is 0 Å². The second kappa shape index (κ2) is 8.13. The highest BCUT2D eigenvalue weighted by molar-refractivity contribution is 5.75. The molecule has 1 heterocycles. The van der Waals surface area contributed by atoms with Crippen molar-refractivity contribution < 1.29 is 13.9 Å². The van der Waals surface area contributed by atoms with Gasteiger partial charge in [0.05, 0.1) is 25.3 Å². The normalized spacial score (nSPS) is 21.7. The van der Waals surface area contributed by atoms with Crippen molar-refractivity contribution in [2.75, 3.05) is 19.8 Å². The minimum atomic E-state index is -0.274. The van der Waals surface area contributed by atoms with E-state index < -0.39 is 0 Å². The fourth-order valence-corrected chi connectivity index (χ4v) is 2.76. The lowest BCUT2D eigenvalue weighted by Gasteiger charge is -2.40. The number of amides is 2. The number of nitrogens with zero attached hydrogens (tertiary/aromatic N) is 1. The number of morpholine rings is 1. The van der Waals surface area contributed by atoms with E-state index in [9.17, 15) is 9.18 Å². The zero-order chi connectivity index (χ0) is 15.9. The zero-order valence-corrected chi connectivity index (χ0v) is 13.3. The van der Waals surface area contributed by atoms with Crippen LogP contribution in [0.4, 0.5) is 9.18 Å². The van der Waals surface area contributed by atoms with Crippen molar-refractivity contribution in [2.24, 2.45) is 0 Å². The second-order valence-corrected chi connectivity index (χ2v) is 5.80. The highest BCUT2D eigenvalue weighted by atomic mass is 19.1. The number of unbranched alkanes of at least 4 members (excludes halogenated alkanes) is 2. The quantitative estimate of drug-likeness (QED) is 0.846. The van der Waals surface area contributed by atoms with Gasteiger partial charge in [0.15, 0.2) is 0 Å². The van der Waals surface area contributed by atoms with Crippen LogP contribution in [-0.4, -0.2) is 36.7 Å². The molecule has 0 aliphatic carbocycles. The summed E-state index contributed by atoms with van der Waals surface area (Å²) >= 11 is 0. The molecule has 1 aliphatic rings. The molecule has 1 aromatic rings. The fourth-order valence-electron chi connectivity index (χ4n) is 2.76. The number of nitrogens with one attached hydrogen (secondary N) is 1. The first-order valence-electron chi connectivity index (χ1n) is 8.03. The van der Waals surface area contributed by atoms with Gasteiger partial charge in [0.1, 0.15) is 5.82 Å². The van der Waals surface area contributed by atoms with Crippen LogP contribution in [0.5, 0.6) is 0 Å². The molecular formula is C17H25FN2O2. The van der Waals surface area contributed by atoms with E-state index in [0.29, 0.717) is 19.8 Å². The number of rotatable bonds is 5. The molecule has 1 aliphatic heterocycles. The zero-order valence-electron chi connectivity index (χ0n) is 13.3. The standard InChI is InChI=1S/C17H25FN2O2/c1-3-4-5-10-19-17(21)20-13(2)11-22-12-16(20)14-6-8-15(18)9-7-14/h6-9,13,16H,3-5,10-12H2,1-2H3,(H,19,21)/t13-,16-/m1/s1. The summed E-state index contributed by atoms with van der Waals surface area (Å²) in [6.07, 6.45) is 3.23. The molecule has 1 saturated heterocycles. The van der Waals surface area contributed by atoms with E-state index in [1.165, 1.54) is 12.1 Å². The lowest BCUT2D eigenvalue weighted by atomic mass is 10.0. The van der Waals surface area contributed by atoms with Crippen molar-refractivity contribution in [3.63, 3.8) is 0 Å². The molecule has 4 nitrogen and oxygen atoms in total. The van der Waals surface area contributed by atoms with Gasteiger partial charge in [0.2, 0.25) is 0 Å². The average Bonchev–Trinajstić information content (AvgIpc) is 2.52. The number of carbonyl (C=O) groups excluding carboxylic acids is 1. The SMILES string of the molecule is CCCCCNC(=O)N1[C@H](C)COC[C@@H]1c1ccc(F)cc1. The third-order valence-electron chi connectivity index (χ3n) is 3.99. The van der Waals surface area contributed by atoms with Gasteiger partial charge < -0.3 is 15.0 Å². The van der Waals surface area contributed by atoms with Crippen LogP contribution in [-0.2, 0) is 4.74 Å². The number of benzene rings is 1. The molecule has 0 radical (unpaired) electrons. The monoisotopic (exact) mass is 308 g/mol. The van der Waals surface area contributed by atoms with Crippen LogP contribution in [0.15, 0.2) is 24.3 Å². The van der Waals surface area contributed by atoms with Gasteiger partial charge in [-0.3, -0.25) is 0 Å². The largest absolute Gasteiger partial charge is 0.377 e. The van der Waals surface area contributed by atoms with Gasteiger partial charge >= 0.3 is 6.03 Å². The molecule has 1 aromatic carbocycles. The summed E-state index contributed by atoms with van der Waals surface area (Å²) in [6.45, 7) is 5.77. The summed E-state index contributed by atoms with van der Waals surface area (Å²) in [5.74, 6) is -0.274. The summed E-state index contributed by atoms with van der Waals surface area (Å²) in [4.78, 5) is 14.3. The van der Waals surface area contributed by atoms with E-state index in [1.54, 1.807) is 12.1 Å². The number of ether oxygens (including phenoxy) is 1. The van der Waals surface area contributed by atoms with Crippen LogP contribution in [0.25, 0.3) is 0 Å². The van der Waals surface area contributed by atoms with Crippen molar-refractivity contribution in [1.82, 2.24) is 10.2 Å². The number of halogens is 1. The van der Waals surface area contributed by atoms with Crippen molar-refractivity contribution in [1.29, 1.82) is 0 Å². The van der Waals surface area contributed by atoms with E-state index in [0.717, 1.165) is 24.8 Å². The Labute approximate surface area is 131 Å². The van der Waals surface area contributed by atoms with E-state index in [1.807, 2.05) is 11.8 Å². The Hall–Kier alpha value is -1.62. The topological polar surface area (TPSA) is 41.6 Å². The Bertz CT molecular complexity index is 478. The van der Waals surface area contributed by atoms with Crippen LogP contribution in [0.3, 0.4) is 0 Å². The Morgan fingerprint density at radius 2 is 2.05 bits per heavy atom. The van der Waals surface area contributed by atoms with Crippen LogP contribution in [0.2, 0.25) is 0 Å². The maximum Gasteiger partial charge on any atom is 0.318 e. The third-order valence-corrected chi connectivity index (χ3v) is 3.99. The molecule has 0 bridgehead atoms. The Morgan fingerprint density at radius 1 is 1.32 bits per heavy atom. The summed E-state index contributed by atoms with van der Waals surface area (Å²) < 4.78 is 18.7. The molecule has 122 valence electrons. The molecule has 22 heavy (non-hydrogen) atoms. The maximum absolute atomic E-state index is 13.1. The first-order valence-corrected chi connectivity index (χ1v) is 8.03. The molecule has 2 rings (SSSR count). The van der Waals surface area contributed by atoms with Crippen molar-refractivity contribution in [2.45, 2.75) is 45.2 Å². The van der Waals surface area contributed by atoms with E-state index in [4.69, 9.17) is 4.74 Å². The predicted octanol–water partition coefficient (Wildman–Crippen LogP) is 3.49. The molecular weight excluding hydrogens is 283 g/mol. The van der Waals surface area contributed by atoms with Crippen molar-refractivity contribution in [3.8, 4) is 0 Å². The van der Waals surface area contributed by atoms with E-state index in [2.05, 4.69) is 12.2 Å². The summed E-state index contributed by atoms with van der Waals surface area (Å²) in [6, 6.07) is 6.04. The Kier molecular flexibility index (Phi) is 6.19. The lowest BCUT2D eigenvalue weighted by Crippen LogP contribution is -2.53. The highest BCUT2D eigenvalue weighted by Gasteiger charge is 2.33. The summed E-state index contributed by atoms with van der Waals surface area (Å²) in [5, 5.41) is 2.99. The van der Waals surface area contributed by atoms with Gasteiger partial charge in [0, 0.05) is 6.54 Å². The third kappa shape index (κ3) is 4.19. The number of hydrogen-bond acceptors (Lipinski definition) is 2. The van der Waals surface area contributed by atoms with Gasteiger partial charge in [-0.05, 0) is 31.0 Å². The molecule has 0 aromatic heterocycles. The van der Waals surface area contributed by atoms with Crippen LogP contribution in [0, 0.1) is 5.82 Å². The molecule has 1 N–H and O–H groups in total. The first kappa shape index (κ1) is 16.7. The fraction of sp³-hybridized carbons (Fsp3) is 0.588. The second-order valence-electron chi connectivity index (χ2n) is 5.80. The molecule has 0 unspecified atom stereocenters.